The maximum absolute atomic E-state index is 12.9. The number of rotatable bonds is 4. The van der Waals surface area contributed by atoms with Gasteiger partial charge in [0.1, 0.15) is 0 Å². The molecular weight excluding hydrogens is 431 g/mol. The second-order valence-electron chi connectivity index (χ2n) is 7.63. The highest BCUT2D eigenvalue weighted by Crippen LogP contribution is 2.27. The average Bonchev–Trinajstić information content (AvgIpc) is 2.82. The third kappa shape index (κ3) is 5.09. The summed E-state index contributed by atoms with van der Waals surface area (Å²) in [5.74, 6) is -0.195. The van der Waals surface area contributed by atoms with Crippen LogP contribution in [0.2, 0.25) is 10.0 Å². The Bertz CT molecular complexity index is 1080. The van der Waals surface area contributed by atoms with Gasteiger partial charge in [0.25, 0.3) is 5.91 Å². The highest BCUT2D eigenvalue weighted by atomic mass is 35.5. The van der Waals surface area contributed by atoms with Crippen molar-refractivity contribution in [2.75, 3.05) is 18.4 Å². The second-order valence-corrected chi connectivity index (χ2v) is 8.44. The molecule has 4 rings (SSSR count). The molecule has 0 saturated carbocycles. The minimum absolute atomic E-state index is 0.00273. The summed E-state index contributed by atoms with van der Waals surface area (Å²) in [6.45, 7) is 1.11. The number of anilines is 1. The van der Waals surface area contributed by atoms with Crippen LogP contribution in [0.3, 0.4) is 0 Å². The van der Waals surface area contributed by atoms with E-state index in [-0.39, 0.29) is 17.7 Å². The van der Waals surface area contributed by atoms with Crippen LogP contribution in [-0.4, -0.2) is 29.8 Å². The van der Waals surface area contributed by atoms with Gasteiger partial charge in [-0.05, 0) is 54.3 Å². The molecule has 2 amide bonds. The number of amides is 2. The van der Waals surface area contributed by atoms with Crippen molar-refractivity contribution >= 4 is 40.7 Å². The molecule has 1 aliphatic rings. The van der Waals surface area contributed by atoms with Crippen molar-refractivity contribution < 1.29 is 9.59 Å². The Morgan fingerprint density at radius 2 is 1.45 bits per heavy atom. The predicted molar refractivity (Wildman–Crippen MR) is 126 cm³/mol. The van der Waals surface area contributed by atoms with Crippen LogP contribution >= 0.6 is 23.2 Å². The van der Waals surface area contributed by atoms with Gasteiger partial charge in [-0.1, -0.05) is 65.7 Å². The van der Waals surface area contributed by atoms with Gasteiger partial charge < -0.3 is 10.2 Å². The molecule has 1 aliphatic heterocycles. The van der Waals surface area contributed by atoms with Crippen molar-refractivity contribution in [3.63, 3.8) is 0 Å². The molecule has 0 radical (unpaired) electrons. The van der Waals surface area contributed by atoms with E-state index in [1.807, 2.05) is 59.5 Å². The lowest BCUT2D eigenvalue weighted by Crippen LogP contribution is -2.41. The standard InChI is InChI=1S/C25H22Cl2N2O2/c26-22-11-10-21(16-23(22)27)28-24(30)19-12-14-29(15-13-19)25(31)20-8-6-18(7-9-20)17-4-2-1-3-5-17/h1-11,16,19H,12-15H2,(H,28,30). The van der Waals surface area contributed by atoms with Gasteiger partial charge in [-0.2, -0.15) is 0 Å². The molecule has 0 aromatic heterocycles. The Hall–Kier alpha value is -2.82. The van der Waals surface area contributed by atoms with E-state index < -0.39 is 0 Å². The summed E-state index contributed by atoms with van der Waals surface area (Å²) in [5, 5.41) is 3.74. The highest BCUT2D eigenvalue weighted by molar-refractivity contribution is 6.42. The smallest absolute Gasteiger partial charge is 0.253 e. The first-order valence-electron chi connectivity index (χ1n) is 10.2. The molecular formula is C25H22Cl2N2O2. The van der Waals surface area contributed by atoms with Crippen molar-refractivity contribution in [2.24, 2.45) is 5.92 Å². The Morgan fingerprint density at radius 1 is 0.806 bits per heavy atom. The fraction of sp³-hybridized carbons (Fsp3) is 0.200. The number of nitrogens with zero attached hydrogens (tertiary/aromatic N) is 1. The number of hydrogen-bond donors (Lipinski definition) is 1. The summed E-state index contributed by atoms with van der Waals surface area (Å²) in [6.07, 6.45) is 1.25. The van der Waals surface area contributed by atoms with E-state index in [1.165, 1.54) is 0 Å². The van der Waals surface area contributed by atoms with Crippen LogP contribution in [-0.2, 0) is 4.79 Å². The molecule has 0 unspecified atom stereocenters. The maximum atomic E-state index is 12.9. The second kappa shape index (κ2) is 9.54. The number of carbonyl (C=O) groups excluding carboxylic acids is 2. The summed E-state index contributed by atoms with van der Waals surface area (Å²) < 4.78 is 0. The lowest BCUT2D eigenvalue weighted by atomic mass is 9.95. The van der Waals surface area contributed by atoms with Gasteiger partial charge in [0.2, 0.25) is 5.91 Å². The highest BCUT2D eigenvalue weighted by Gasteiger charge is 2.28. The minimum atomic E-state index is -0.140. The molecule has 0 aliphatic carbocycles. The molecule has 3 aromatic carbocycles. The van der Waals surface area contributed by atoms with Gasteiger partial charge in [-0.3, -0.25) is 9.59 Å². The van der Waals surface area contributed by atoms with Gasteiger partial charge in [-0.15, -0.1) is 0 Å². The molecule has 1 N–H and O–H groups in total. The first kappa shape index (κ1) is 21.4. The van der Waals surface area contributed by atoms with Crippen LogP contribution in [0.5, 0.6) is 0 Å². The lowest BCUT2D eigenvalue weighted by molar-refractivity contribution is -0.121. The Kier molecular flexibility index (Phi) is 6.59. The van der Waals surface area contributed by atoms with E-state index >= 15 is 0 Å². The first-order chi connectivity index (χ1) is 15.0. The summed E-state index contributed by atoms with van der Waals surface area (Å²) in [6, 6.07) is 22.8. The summed E-state index contributed by atoms with van der Waals surface area (Å²) in [5.41, 5.74) is 3.49. The minimum Gasteiger partial charge on any atom is -0.339 e. The van der Waals surface area contributed by atoms with E-state index in [2.05, 4.69) is 5.32 Å². The Morgan fingerprint density at radius 3 is 2.10 bits per heavy atom. The molecule has 158 valence electrons. The monoisotopic (exact) mass is 452 g/mol. The van der Waals surface area contributed by atoms with E-state index in [9.17, 15) is 9.59 Å². The maximum Gasteiger partial charge on any atom is 0.253 e. The number of hydrogen-bond acceptors (Lipinski definition) is 2. The predicted octanol–water partition coefficient (Wildman–Crippen LogP) is 6.15. The molecule has 1 saturated heterocycles. The zero-order chi connectivity index (χ0) is 21.8. The van der Waals surface area contributed by atoms with Gasteiger partial charge in [-0.25, -0.2) is 0 Å². The van der Waals surface area contributed by atoms with Gasteiger partial charge >= 0.3 is 0 Å². The van der Waals surface area contributed by atoms with Crippen LogP contribution in [0, 0.1) is 5.92 Å². The number of nitrogens with one attached hydrogen (secondary N) is 1. The van der Waals surface area contributed by atoms with Crippen LogP contribution in [0.15, 0.2) is 72.8 Å². The van der Waals surface area contributed by atoms with Crippen LogP contribution in [0.4, 0.5) is 5.69 Å². The summed E-state index contributed by atoms with van der Waals surface area (Å²) in [4.78, 5) is 27.3. The van der Waals surface area contributed by atoms with E-state index in [1.54, 1.807) is 18.2 Å². The number of halogens is 2. The molecule has 0 bridgehead atoms. The van der Waals surface area contributed by atoms with Crippen molar-refractivity contribution in [1.82, 2.24) is 4.90 Å². The van der Waals surface area contributed by atoms with Crippen LogP contribution in [0.25, 0.3) is 11.1 Å². The van der Waals surface area contributed by atoms with Crippen molar-refractivity contribution in [2.45, 2.75) is 12.8 Å². The third-order valence-electron chi connectivity index (χ3n) is 5.58. The van der Waals surface area contributed by atoms with Crippen molar-refractivity contribution in [1.29, 1.82) is 0 Å². The van der Waals surface area contributed by atoms with Crippen molar-refractivity contribution in [3.05, 3.63) is 88.4 Å². The molecule has 1 fully saturated rings. The van der Waals surface area contributed by atoms with Gasteiger partial charge in [0, 0.05) is 30.3 Å². The first-order valence-corrected chi connectivity index (χ1v) is 11.0. The zero-order valence-corrected chi connectivity index (χ0v) is 18.4. The molecule has 0 atom stereocenters. The van der Waals surface area contributed by atoms with E-state index in [0.29, 0.717) is 47.2 Å². The van der Waals surface area contributed by atoms with E-state index in [4.69, 9.17) is 23.2 Å². The Balaban J connectivity index is 1.33. The molecule has 31 heavy (non-hydrogen) atoms. The van der Waals surface area contributed by atoms with E-state index in [0.717, 1.165) is 11.1 Å². The number of piperidine rings is 1. The lowest BCUT2D eigenvalue weighted by Gasteiger charge is -2.31. The molecule has 4 nitrogen and oxygen atoms in total. The Labute approximate surface area is 191 Å². The summed E-state index contributed by atoms with van der Waals surface area (Å²) in [7, 11) is 0. The quantitative estimate of drug-likeness (QED) is 0.515. The number of likely N-dealkylation sites (tertiary alicyclic amines) is 1. The van der Waals surface area contributed by atoms with Gasteiger partial charge in [0.15, 0.2) is 0 Å². The van der Waals surface area contributed by atoms with Gasteiger partial charge in [0.05, 0.1) is 10.0 Å². The summed E-state index contributed by atoms with van der Waals surface area (Å²) >= 11 is 11.9. The zero-order valence-electron chi connectivity index (χ0n) is 16.9. The molecule has 3 aromatic rings. The molecule has 6 heteroatoms. The third-order valence-corrected chi connectivity index (χ3v) is 6.32. The average molecular weight is 453 g/mol. The normalized spacial score (nSPS) is 14.3. The fourth-order valence-electron chi connectivity index (χ4n) is 3.78. The largest absolute Gasteiger partial charge is 0.339 e. The molecule has 1 heterocycles. The van der Waals surface area contributed by atoms with Crippen LogP contribution < -0.4 is 5.32 Å². The SMILES string of the molecule is O=C(Nc1ccc(Cl)c(Cl)c1)C1CCN(C(=O)c2ccc(-c3ccccc3)cc2)CC1. The topological polar surface area (TPSA) is 49.4 Å². The molecule has 0 spiro atoms. The number of carbonyl (C=O) groups is 2. The fourth-order valence-corrected chi connectivity index (χ4v) is 4.08. The van der Waals surface area contributed by atoms with Crippen molar-refractivity contribution in [3.8, 4) is 11.1 Å². The number of benzene rings is 3. The van der Waals surface area contributed by atoms with Crippen LogP contribution in [0.1, 0.15) is 23.2 Å².